The van der Waals surface area contributed by atoms with Crippen molar-refractivity contribution in [1.82, 2.24) is 9.71 Å². The molecule has 29 heavy (non-hydrogen) atoms. The van der Waals surface area contributed by atoms with Crippen molar-refractivity contribution in [3.05, 3.63) is 28.2 Å². The molecule has 4 atom stereocenters. The molecule has 1 aromatic rings. The largest absolute Gasteiger partial charge is 0.598 e. The lowest BCUT2D eigenvalue weighted by atomic mass is 9.99. The van der Waals surface area contributed by atoms with Crippen LogP contribution in [0.2, 0.25) is 0 Å². The van der Waals surface area contributed by atoms with Crippen LogP contribution in [-0.4, -0.2) is 42.2 Å². The van der Waals surface area contributed by atoms with Crippen molar-refractivity contribution in [1.29, 1.82) is 5.26 Å². The second kappa shape index (κ2) is 8.75. The third-order valence-electron chi connectivity index (χ3n) is 4.83. The SMILES string of the molecule is CC(C)(C)[S+]([O-])N[C@@](CF)(CS1(=O)=NCCC[C@]1(C)C#N)c1nc(Br)ccc1F. The van der Waals surface area contributed by atoms with E-state index in [1.807, 2.05) is 0 Å². The van der Waals surface area contributed by atoms with Crippen LogP contribution >= 0.6 is 15.9 Å². The van der Waals surface area contributed by atoms with E-state index in [-0.39, 0.29) is 16.8 Å². The lowest BCUT2D eigenvalue weighted by molar-refractivity contribution is 0.292. The number of nitrogens with one attached hydrogen (secondary N) is 1. The Bertz CT molecular complexity index is 927. The Morgan fingerprint density at radius 1 is 1.48 bits per heavy atom. The number of halogens is 3. The zero-order valence-electron chi connectivity index (χ0n) is 16.8. The number of aromatic nitrogens is 1. The Morgan fingerprint density at radius 2 is 2.14 bits per heavy atom. The average Bonchev–Trinajstić information content (AvgIpc) is 2.65. The number of hydrogen-bond donors (Lipinski definition) is 1. The summed E-state index contributed by atoms with van der Waals surface area (Å²) in [6.07, 6.45) is 0.902. The van der Waals surface area contributed by atoms with E-state index in [2.05, 4.69) is 36.1 Å². The van der Waals surface area contributed by atoms with E-state index < -0.39 is 54.4 Å². The molecule has 2 unspecified atom stereocenters. The first-order chi connectivity index (χ1) is 13.3. The lowest BCUT2D eigenvalue weighted by Crippen LogP contribution is -2.58. The summed E-state index contributed by atoms with van der Waals surface area (Å²) in [5.41, 5.74) is -2.34. The fraction of sp³-hybridized carbons (Fsp3) is 0.667. The molecule has 11 heteroatoms. The molecule has 2 heterocycles. The highest BCUT2D eigenvalue weighted by Gasteiger charge is 2.51. The van der Waals surface area contributed by atoms with Crippen molar-refractivity contribution in [2.24, 2.45) is 4.36 Å². The first-order valence-electron chi connectivity index (χ1n) is 9.02. The summed E-state index contributed by atoms with van der Waals surface area (Å²) in [7, 11) is -3.31. The minimum absolute atomic E-state index is 0.244. The molecule has 1 aromatic heterocycles. The Morgan fingerprint density at radius 3 is 2.69 bits per heavy atom. The quantitative estimate of drug-likeness (QED) is 0.463. The van der Waals surface area contributed by atoms with E-state index in [1.165, 1.54) is 13.0 Å². The van der Waals surface area contributed by atoms with Gasteiger partial charge in [-0.15, -0.1) is 4.72 Å². The van der Waals surface area contributed by atoms with Gasteiger partial charge >= 0.3 is 0 Å². The number of nitrogens with zero attached hydrogens (tertiary/aromatic N) is 3. The van der Waals surface area contributed by atoms with Gasteiger partial charge in [-0.3, -0.25) is 0 Å². The monoisotopic (exact) mass is 510 g/mol. The van der Waals surface area contributed by atoms with Gasteiger partial charge in [-0.2, -0.15) is 5.26 Å². The summed E-state index contributed by atoms with van der Waals surface area (Å²) >= 11 is 1.31. The van der Waals surface area contributed by atoms with Gasteiger partial charge in [0.1, 0.15) is 37.8 Å². The summed E-state index contributed by atoms with van der Waals surface area (Å²) in [5.74, 6) is -1.36. The number of pyridine rings is 1. The predicted molar refractivity (Wildman–Crippen MR) is 114 cm³/mol. The standard InChI is InChI=1S/C18H25BrF2N4O2S2/c1-16(2,3)28(26)25-18(10-20,15-13(21)6-7-14(19)24-15)12-29(27)17(4,11-22)8-5-9-23-29/h6-7,25H,5,8-10,12H2,1-4H3/t17-,18+,28?,29?/m1/s1. The van der Waals surface area contributed by atoms with Crippen LogP contribution in [0.3, 0.4) is 0 Å². The van der Waals surface area contributed by atoms with E-state index in [4.69, 9.17) is 0 Å². The highest BCUT2D eigenvalue weighted by atomic mass is 79.9. The molecular formula is C18H25BrF2N4O2S2. The zero-order valence-corrected chi connectivity index (χ0v) is 20.0. The molecular weight excluding hydrogens is 486 g/mol. The molecule has 0 fully saturated rings. The highest BCUT2D eigenvalue weighted by Crippen LogP contribution is 2.37. The third-order valence-corrected chi connectivity index (χ3v) is 10.1. The maximum Gasteiger partial charge on any atom is 0.149 e. The van der Waals surface area contributed by atoms with Gasteiger partial charge in [-0.1, -0.05) is 0 Å². The third kappa shape index (κ3) is 4.93. The predicted octanol–water partition coefficient (Wildman–Crippen LogP) is 3.74. The van der Waals surface area contributed by atoms with E-state index in [1.54, 1.807) is 20.8 Å². The molecule has 1 N–H and O–H groups in total. The second-order valence-corrected chi connectivity index (χ2v) is 13.8. The summed E-state index contributed by atoms with van der Waals surface area (Å²) in [5, 5.41) is 9.68. The van der Waals surface area contributed by atoms with Crippen LogP contribution in [0, 0.1) is 17.1 Å². The number of hydrogen-bond acceptors (Lipinski definition) is 6. The van der Waals surface area contributed by atoms with Crippen LogP contribution in [0.25, 0.3) is 0 Å². The van der Waals surface area contributed by atoms with Crippen molar-refractivity contribution >= 4 is 37.0 Å². The topological polar surface area (TPSA) is 101 Å². The summed E-state index contributed by atoms with van der Waals surface area (Å²) in [4.78, 5) is 4.08. The number of alkyl halides is 1. The normalized spacial score (nSPS) is 28.1. The van der Waals surface area contributed by atoms with E-state index in [0.29, 0.717) is 12.8 Å². The van der Waals surface area contributed by atoms with Gasteiger partial charge in [-0.25, -0.2) is 22.3 Å². The fourth-order valence-corrected chi connectivity index (χ4v) is 6.92. The number of rotatable bonds is 6. The van der Waals surface area contributed by atoms with Crippen LogP contribution in [0.15, 0.2) is 21.1 Å². The molecule has 0 radical (unpaired) electrons. The van der Waals surface area contributed by atoms with E-state index in [0.717, 1.165) is 6.07 Å². The van der Waals surface area contributed by atoms with Crippen molar-refractivity contribution in [2.75, 3.05) is 19.0 Å². The smallest absolute Gasteiger partial charge is 0.149 e. The molecule has 6 nitrogen and oxygen atoms in total. The van der Waals surface area contributed by atoms with Gasteiger partial charge in [0.15, 0.2) is 0 Å². The molecule has 2 rings (SSSR count). The summed E-state index contributed by atoms with van der Waals surface area (Å²) in [6.45, 7) is 5.57. The molecule has 1 aliphatic rings. The molecule has 0 bridgehead atoms. The van der Waals surface area contributed by atoms with Gasteiger partial charge in [0.2, 0.25) is 0 Å². The highest BCUT2D eigenvalue weighted by molar-refractivity contribution is 9.10. The Kier molecular flexibility index (Phi) is 7.38. The molecule has 0 saturated heterocycles. The molecule has 0 aliphatic carbocycles. The first kappa shape index (κ1) is 24.5. The second-order valence-electron chi connectivity index (χ2n) is 8.25. The minimum atomic E-state index is -3.31. The van der Waals surface area contributed by atoms with Crippen LogP contribution in [-0.2, 0) is 26.6 Å². The van der Waals surface area contributed by atoms with Crippen molar-refractivity contribution in [3.8, 4) is 6.07 Å². The average molecular weight is 511 g/mol. The minimum Gasteiger partial charge on any atom is -0.598 e. The maximum absolute atomic E-state index is 14.8. The van der Waals surface area contributed by atoms with Gasteiger partial charge in [0.05, 0.1) is 21.6 Å². The first-order valence-corrected chi connectivity index (χ1v) is 12.6. The van der Waals surface area contributed by atoms with Crippen LogP contribution in [0.5, 0.6) is 0 Å². The van der Waals surface area contributed by atoms with Gasteiger partial charge < -0.3 is 4.55 Å². The van der Waals surface area contributed by atoms with Crippen LogP contribution < -0.4 is 4.72 Å². The Balaban J connectivity index is 2.70. The van der Waals surface area contributed by atoms with Gasteiger partial charge in [-0.05, 0) is 68.6 Å². The van der Waals surface area contributed by atoms with Crippen molar-refractivity contribution < 1.29 is 17.5 Å². The zero-order chi connectivity index (χ0) is 22.1. The van der Waals surface area contributed by atoms with Gasteiger partial charge in [0.25, 0.3) is 0 Å². The van der Waals surface area contributed by atoms with Crippen LogP contribution in [0.4, 0.5) is 8.78 Å². The van der Waals surface area contributed by atoms with Crippen LogP contribution in [0.1, 0.15) is 46.2 Å². The molecule has 0 aromatic carbocycles. The maximum atomic E-state index is 14.8. The van der Waals surface area contributed by atoms with E-state index in [9.17, 15) is 22.8 Å². The molecule has 0 amide bonds. The van der Waals surface area contributed by atoms with Gasteiger partial charge in [0, 0.05) is 17.9 Å². The lowest BCUT2D eigenvalue weighted by Gasteiger charge is -2.39. The molecule has 1 aliphatic heterocycles. The van der Waals surface area contributed by atoms with Crippen molar-refractivity contribution in [3.63, 3.8) is 0 Å². The van der Waals surface area contributed by atoms with Crippen molar-refractivity contribution in [2.45, 2.75) is 55.6 Å². The fourth-order valence-electron chi connectivity index (χ4n) is 2.96. The molecule has 0 saturated carbocycles. The Hall–Kier alpha value is -0.800. The summed E-state index contributed by atoms with van der Waals surface area (Å²) < 4.78 is 61.1. The Labute approximate surface area is 182 Å². The summed E-state index contributed by atoms with van der Waals surface area (Å²) in [6, 6.07) is 4.52. The van der Waals surface area contributed by atoms with E-state index >= 15 is 0 Å². The number of nitriles is 1. The molecule has 162 valence electrons. The molecule has 0 spiro atoms.